The van der Waals surface area contributed by atoms with Crippen molar-refractivity contribution in [1.82, 2.24) is 5.32 Å². The first kappa shape index (κ1) is 14.3. The first-order valence-electron chi connectivity index (χ1n) is 5.23. The Hall–Kier alpha value is -1.76. The largest absolute Gasteiger partial charge is 0.405 e. The molecule has 0 fully saturated rings. The maximum absolute atomic E-state index is 11.9. The minimum atomic E-state index is -4.43. The third-order valence-electron chi connectivity index (χ3n) is 2.31. The van der Waals surface area contributed by atoms with Crippen molar-refractivity contribution in [2.24, 2.45) is 5.73 Å². The van der Waals surface area contributed by atoms with Crippen molar-refractivity contribution >= 4 is 11.7 Å². The number of anilines is 1. The Kier molecular flexibility index (Phi) is 4.55. The Bertz CT molecular complexity index is 432. The van der Waals surface area contributed by atoms with Gasteiger partial charge in [0, 0.05) is 12.2 Å². The Labute approximate surface area is 102 Å². The van der Waals surface area contributed by atoms with Crippen molar-refractivity contribution in [3.8, 4) is 0 Å². The number of hydrogen-bond donors (Lipinski definition) is 3. The normalized spacial score (nSPS) is 11.2. The lowest BCUT2D eigenvalue weighted by molar-refractivity contribution is -0.122. The topological polar surface area (TPSA) is 67.2 Å². The molecule has 4 N–H and O–H groups in total. The number of amides is 2. The highest BCUT2D eigenvalue weighted by atomic mass is 19.4. The maximum atomic E-state index is 11.9. The van der Waals surface area contributed by atoms with E-state index < -0.39 is 18.8 Å². The van der Waals surface area contributed by atoms with Gasteiger partial charge in [-0.1, -0.05) is 12.1 Å². The number of carbonyl (C=O) groups excluding carboxylic acids is 1. The predicted molar refractivity (Wildman–Crippen MR) is 62.1 cm³/mol. The van der Waals surface area contributed by atoms with Crippen LogP contribution >= 0.6 is 0 Å². The second-order valence-corrected chi connectivity index (χ2v) is 3.73. The van der Waals surface area contributed by atoms with Gasteiger partial charge < -0.3 is 16.4 Å². The van der Waals surface area contributed by atoms with Gasteiger partial charge in [-0.15, -0.1) is 0 Å². The summed E-state index contributed by atoms with van der Waals surface area (Å²) in [6, 6.07) is 4.17. The van der Waals surface area contributed by atoms with Crippen LogP contribution in [0.15, 0.2) is 18.2 Å². The molecule has 0 saturated heterocycles. The van der Waals surface area contributed by atoms with Gasteiger partial charge in [-0.05, 0) is 24.1 Å². The summed E-state index contributed by atoms with van der Waals surface area (Å²) in [7, 11) is 0. The second kappa shape index (κ2) is 5.72. The average molecular weight is 261 g/mol. The number of aryl methyl sites for hydroxylation is 1. The lowest BCUT2D eigenvalue weighted by atomic mass is 10.1. The number of urea groups is 1. The van der Waals surface area contributed by atoms with E-state index in [1.807, 2.05) is 0 Å². The van der Waals surface area contributed by atoms with Crippen LogP contribution in [0, 0.1) is 6.92 Å². The summed E-state index contributed by atoms with van der Waals surface area (Å²) in [5.74, 6) is 0. The standard InChI is InChI=1S/C11H14F3N3O/c1-7-3-2-4-9(8(7)5-15)17-10(18)16-6-11(12,13)14/h2-4H,5-6,15H2,1H3,(H2,16,17,18). The molecular formula is C11H14F3N3O. The number of alkyl halides is 3. The average Bonchev–Trinajstić information content (AvgIpc) is 2.26. The number of rotatable bonds is 3. The first-order valence-corrected chi connectivity index (χ1v) is 5.23. The summed E-state index contributed by atoms with van der Waals surface area (Å²) in [5, 5.41) is 4.07. The van der Waals surface area contributed by atoms with Crippen LogP contribution in [0.3, 0.4) is 0 Å². The van der Waals surface area contributed by atoms with E-state index in [9.17, 15) is 18.0 Å². The molecule has 100 valence electrons. The van der Waals surface area contributed by atoms with E-state index in [2.05, 4.69) is 5.32 Å². The Morgan fingerprint density at radius 1 is 1.39 bits per heavy atom. The van der Waals surface area contributed by atoms with E-state index >= 15 is 0 Å². The Morgan fingerprint density at radius 2 is 2.06 bits per heavy atom. The highest BCUT2D eigenvalue weighted by molar-refractivity contribution is 5.90. The Morgan fingerprint density at radius 3 is 2.61 bits per heavy atom. The quantitative estimate of drug-likeness (QED) is 0.780. The molecule has 0 spiro atoms. The van der Waals surface area contributed by atoms with Gasteiger partial charge in [-0.3, -0.25) is 0 Å². The summed E-state index contributed by atoms with van der Waals surface area (Å²) < 4.78 is 35.7. The molecule has 2 amide bonds. The van der Waals surface area contributed by atoms with Crippen LogP contribution in [0.25, 0.3) is 0 Å². The van der Waals surface area contributed by atoms with E-state index in [1.54, 1.807) is 30.4 Å². The van der Waals surface area contributed by atoms with Crippen molar-refractivity contribution in [3.63, 3.8) is 0 Å². The highest BCUT2D eigenvalue weighted by Gasteiger charge is 2.27. The van der Waals surface area contributed by atoms with E-state index in [4.69, 9.17) is 5.73 Å². The van der Waals surface area contributed by atoms with Gasteiger partial charge in [-0.25, -0.2) is 4.79 Å². The number of nitrogens with one attached hydrogen (secondary N) is 2. The third-order valence-corrected chi connectivity index (χ3v) is 2.31. The van der Waals surface area contributed by atoms with E-state index in [0.29, 0.717) is 11.3 Å². The molecule has 1 aromatic carbocycles. The van der Waals surface area contributed by atoms with Gasteiger partial charge in [0.1, 0.15) is 6.54 Å². The number of carbonyl (C=O) groups is 1. The molecule has 0 aliphatic rings. The second-order valence-electron chi connectivity index (χ2n) is 3.73. The zero-order valence-corrected chi connectivity index (χ0v) is 9.77. The Balaban J connectivity index is 2.68. The molecule has 18 heavy (non-hydrogen) atoms. The van der Waals surface area contributed by atoms with Crippen molar-refractivity contribution in [2.45, 2.75) is 19.6 Å². The third kappa shape index (κ3) is 4.25. The lowest BCUT2D eigenvalue weighted by Gasteiger charge is -2.13. The molecule has 1 aromatic rings. The van der Waals surface area contributed by atoms with Gasteiger partial charge >= 0.3 is 12.2 Å². The summed E-state index contributed by atoms with van der Waals surface area (Å²) in [6.07, 6.45) is -4.43. The van der Waals surface area contributed by atoms with Crippen molar-refractivity contribution in [3.05, 3.63) is 29.3 Å². The molecule has 4 nitrogen and oxygen atoms in total. The van der Waals surface area contributed by atoms with E-state index in [1.165, 1.54) is 0 Å². The highest BCUT2D eigenvalue weighted by Crippen LogP contribution is 2.19. The summed E-state index contributed by atoms with van der Waals surface area (Å²) in [5.41, 5.74) is 7.49. The van der Waals surface area contributed by atoms with Crippen molar-refractivity contribution in [1.29, 1.82) is 0 Å². The van der Waals surface area contributed by atoms with Crippen LogP contribution in [0.1, 0.15) is 11.1 Å². The molecule has 0 heterocycles. The summed E-state index contributed by atoms with van der Waals surface area (Å²) in [6.45, 7) is 0.630. The minimum absolute atomic E-state index is 0.196. The SMILES string of the molecule is Cc1cccc(NC(=O)NCC(F)(F)F)c1CN. The molecule has 0 bridgehead atoms. The molecule has 1 rings (SSSR count). The summed E-state index contributed by atoms with van der Waals surface area (Å²) in [4.78, 5) is 11.3. The molecule has 0 radical (unpaired) electrons. The van der Waals surface area contributed by atoms with Crippen LogP contribution < -0.4 is 16.4 Å². The fraction of sp³-hybridized carbons (Fsp3) is 0.364. The van der Waals surface area contributed by atoms with Crippen LogP contribution in [0.4, 0.5) is 23.7 Å². The molecule has 0 unspecified atom stereocenters. The fourth-order valence-corrected chi connectivity index (χ4v) is 1.44. The maximum Gasteiger partial charge on any atom is 0.405 e. The number of halogens is 3. The molecular weight excluding hydrogens is 247 g/mol. The van der Waals surface area contributed by atoms with Gasteiger partial charge in [0.25, 0.3) is 0 Å². The van der Waals surface area contributed by atoms with E-state index in [0.717, 1.165) is 5.56 Å². The van der Waals surface area contributed by atoms with Crippen LogP contribution in [-0.4, -0.2) is 18.8 Å². The predicted octanol–water partition coefficient (Wildman–Crippen LogP) is 2.14. The molecule has 0 saturated carbocycles. The van der Waals surface area contributed by atoms with Crippen molar-refractivity contribution in [2.75, 3.05) is 11.9 Å². The minimum Gasteiger partial charge on any atom is -0.329 e. The molecule has 7 heteroatoms. The number of hydrogen-bond acceptors (Lipinski definition) is 2. The smallest absolute Gasteiger partial charge is 0.329 e. The van der Waals surface area contributed by atoms with Crippen LogP contribution in [-0.2, 0) is 6.54 Å². The fourth-order valence-electron chi connectivity index (χ4n) is 1.44. The zero-order valence-electron chi connectivity index (χ0n) is 9.77. The summed E-state index contributed by atoms with van der Waals surface area (Å²) >= 11 is 0. The van der Waals surface area contributed by atoms with Gasteiger partial charge in [0.2, 0.25) is 0 Å². The molecule has 0 aliphatic carbocycles. The molecule has 0 aromatic heterocycles. The molecule has 0 atom stereocenters. The number of benzene rings is 1. The van der Waals surface area contributed by atoms with Gasteiger partial charge in [0.15, 0.2) is 0 Å². The van der Waals surface area contributed by atoms with Gasteiger partial charge in [-0.2, -0.15) is 13.2 Å². The van der Waals surface area contributed by atoms with Crippen LogP contribution in [0.2, 0.25) is 0 Å². The lowest BCUT2D eigenvalue weighted by Crippen LogP contribution is -2.36. The van der Waals surface area contributed by atoms with E-state index in [-0.39, 0.29) is 6.54 Å². The van der Waals surface area contributed by atoms with Crippen LogP contribution in [0.5, 0.6) is 0 Å². The van der Waals surface area contributed by atoms with Gasteiger partial charge in [0.05, 0.1) is 0 Å². The monoisotopic (exact) mass is 261 g/mol. The van der Waals surface area contributed by atoms with Crippen molar-refractivity contribution < 1.29 is 18.0 Å². The zero-order chi connectivity index (χ0) is 13.8. The molecule has 0 aliphatic heterocycles. The first-order chi connectivity index (χ1) is 8.33. The number of nitrogens with two attached hydrogens (primary N) is 1.